The Kier molecular flexibility index (Phi) is 5.01. The zero-order valence-electron chi connectivity index (χ0n) is 14.4. The van der Waals surface area contributed by atoms with Crippen LogP contribution in [-0.2, 0) is 10.9 Å². The van der Waals surface area contributed by atoms with E-state index < -0.39 is 17.3 Å². The number of hydrogen-bond acceptors (Lipinski definition) is 3. The summed E-state index contributed by atoms with van der Waals surface area (Å²) in [6.45, 7) is 8.83. The average Bonchev–Trinajstić information content (AvgIpc) is 2.44. The molecule has 1 heterocycles. The van der Waals surface area contributed by atoms with Crippen LogP contribution in [-0.4, -0.2) is 42.8 Å². The highest BCUT2D eigenvalue weighted by atomic mass is 19.4. The summed E-state index contributed by atoms with van der Waals surface area (Å²) >= 11 is 0. The predicted octanol–water partition coefficient (Wildman–Crippen LogP) is 4.07. The van der Waals surface area contributed by atoms with Crippen molar-refractivity contribution in [1.29, 1.82) is 0 Å². The normalized spacial score (nSPS) is 16.3. The Hall–Kier alpha value is -1.92. The molecule has 0 spiro atoms. The minimum atomic E-state index is -4.36. The second-order valence-corrected chi connectivity index (χ2v) is 7.01. The highest BCUT2D eigenvalue weighted by Gasteiger charge is 2.32. The van der Waals surface area contributed by atoms with E-state index >= 15 is 0 Å². The number of hydrogen-bond donors (Lipinski definition) is 0. The van der Waals surface area contributed by atoms with Gasteiger partial charge in [0.15, 0.2) is 0 Å². The second-order valence-electron chi connectivity index (χ2n) is 7.01. The summed E-state index contributed by atoms with van der Waals surface area (Å²) < 4.78 is 44.2. The maximum absolute atomic E-state index is 13.0. The van der Waals surface area contributed by atoms with Crippen molar-refractivity contribution in [2.24, 2.45) is 0 Å². The van der Waals surface area contributed by atoms with E-state index in [-0.39, 0.29) is 6.09 Å². The Labute approximate surface area is 140 Å². The molecule has 134 valence electrons. The molecule has 1 fully saturated rings. The van der Waals surface area contributed by atoms with Gasteiger partial charge in [0.1, 0.15) is 5.60 Å². The van der Waals surface area contributed by atoms with Gasteiger partial charge in [0.25, 0.3) is 0 Å². The molecule has 2 rings (SSSR count). The number of anilines is 1. The topological polar surface area (TPSA) is 32.8 Å². The maximum Gasteiger partial charge on any atom is 0.416 e. The minimum Gasteiger partial charge on any atom is -0.444 e. The van der Waals surface area contributed by atoms with E-state index in [0.29, 0.717) is 37.4 Å². The Morgan fingerprint density at radius 2 is 1.62 bits per heavy atom. The molecule has 0 N–H and O–H groups in total. The van der Waals surface area contributed by atoms with Gasteiger partial charge in [0, 0.05) is 31.9 Å². The van der Waals surface area contributed by atoms with E-state index in [2.05, 4.69) is 0 Å². The van der Waals surface area contributed by atoms with Gasteiger partial charge in [-0.15, -0.1) is 0 Å². The van der Waals surface area contributed by atoms with Crippen molar-refractivity contribution in [3.8, 4) is 0 Å². The van der Waals surface area contributed by atoms with Crippen LogP contribution in [0.2, 0.25) is 0 Å². The van der Waals surface area contributed by atoms with Crippen LogP contribution in [0, 0.1) is 6.92 Å². The predicted molar refractivity (Wildman–Crippen MR) is 86.2 cm³/mol. The quantitative estimate of drug-likeness (QED) is 0.770. The van der Waals surface area contributed by atoms with Crippen molar-refractivity contribution in [1.82, 2.24) is 4.90 Å². The molecule has 7 heteroatoms. The SMILES string of the molecule is Cc1cc(N2CCN(C(=O)OC(C)(C)C)CC2)cc(C(F)(F)F)c1. The van der Waals surface area contributed by atoms with Crippen molar-refractivity contribution in [3.05, 3.63) is 29.3 Å². The summed E-state index contributed by atoms with van der Waals surface area (Å²) in [6, 6.07) is 4.04. The lowest BCUT2D eigenvalue weighted by molar-refractivity contribution is -0.137. The van der Waals surface area contributed by atoms with Crippen LogP contribution < -0.4 is 4.90 Å². The van der Waals surface area contributed by atoms with Crippen LogP contribution >= 0.6 is 0 Å². The van der Waals surface area contributed by atoms with Crippen LogP contribution in [0.25, 0.3) is 0 Å². The van der Waals surface area contributed by atoms with Gasteiger partial charge in [-0.3, -0.25) is 0 Å². The van der Waals surface area contributed by atoms with E-state index in [1.54, 1.807) is 38.7 Å². The molecule has 24 heavy (non-hydrogen) atoms. The zero-order chi connectivity index (χ0) is 18.1. The Morgan fingerprint density at radius 3 is 2.12 bits per heavy atom. The Morgan fingerprint density at radius 1 is 1.04 bits per heavy atom. The highest BCUT2D eigenvalue weighted by Crippen LogP contribution is 2.33. The summed E-state index contributed by atoms with van der Waals surface area (Å²) in [6.07, 6.45) is -4.75. The van der Waals surface area contributed by atoms with Crippen molar-refractivity contribution < 1.29 is 22.7 Å². The lowest BCUT2D eigenvalue weighted by Gasteiger charge is -2.37. The average molecular weight is 344 g/mol. The monoisotopic (exact) mass is 344 g/mol. The van der Waals surface area contributed by atoms with Gasteiger partial charge >= 0.3 is 12.3 Å². The molecule has 1 aromatic carbocycles. The number of benzene rings is 1. The standard InChI is InChI=1S/C17H23F3N2O2/c1-12-9-13(17(18,19)20)11-14(10-12)21-5-7-22(8-6-21)15(23)24-16(2,3)4/h9-11H,5-8H2,1-4H3. The number of rotatable bonds is 1. The molecular weight excluding hydrogens is 321 g/mol. The van der Waals surface area contributed by atoms with E-state index in [4.69, 9.17) is 4.74 Å². The summed E-state index contributed by atoms with van der Waals surface area (Å²) in [5.74, 6) is 0. The summed E-state index contributed by atoms with van der Waals surface area (Å²) in [4.78, 5) is 15.5. The van der Waals surface area contributed by atoms with Crippen LogP contribution in [0.15, 0.2) is 18.2 Å². The molecule has 1 amide bonds. The molecule has 0 bridgehead atoms. The number of nitrogens with zero attached hydrogens (tertiary/aromatic N) is 2. The number of piperazine rings is 1. The summed E-state index contributed by atoms with van der Waals surface area (Å²) in [5.41, 5.74) is -0.112. The molecule has 0 saturated carbocycles. The third-order valence-corrected chi connectivity index (χ3v) is 3.69. The molecule has 0 aliphatic carbocycles. The van der Waals surface area contributed by atoms with Gasteiger partial charge in [-0.05, 0) is 51.5 Å². The third kappa shape index (κ3) is 4.79. The van der Waals surface area contributed by atoms with Gasteiger partial charge < -0.3 is 14.5 Å². The molecule has 4 nitrogen and oxygen atoms in total. The lowest BCUT2D eigenvalue weighted by Crippen LogP contribution is -2.50. The Balaban J connectivity index is 2.05. The first-order chi connectivity index (χ1) is 11.0. The van der Waals surface area contributed by atoms with Crippen LogP contribution in [0.1, 0.15) is 31.9 Å². The fourth-order valence-corrected chi connectivity index (χ4v) is 2.58. The molecule has 1 aromatic rings. The van der Waals surface area contributed by atoms with E-state index in [1.165, 1.54) is 0 Å². The number of aryl methyl sites for hydroxylation is 1. The van der Waals surface area contributed by atoms with Gasteiger partial charge in [0.2, 0.25) is 0 Å². The largest absolute Gasteiger partial charge is 0.444 e. The molecule has 0 unspecified atom stereocenters. The summed E-state index contributed by atoms with van der Waals surface area (Å²) in [7, 11) is 0. The molecule has 0 radical (unpaired) electrons. The first kappa shape index (κ1) is 18.4. The van der Waals surface area contributed by atoms with Crippen molar-refractivity contribution in [2.75, 3.05) is 31.1 Å². The fraction of sp³-hybridized carbons (Fsp3) is 0.588. The van der Waals surface area contributed by atoms with E-state index in [1.807, 2.05) is 4.90 Å². The van der Waals surface area contributed by atoms with Crippen molar-refractivity contribution in [3.63, 3.8) is 0 Å². The maximum atomic E-state index is 13.0. The van der Waals surface area contributed by atoms with E-state index in [0.717, 1.165) is 12.1 Å². The van der Waals surface area contributed by atoms with Gasteiger partial charge in [0.05, 0.1) is 5.56 Å². The van der Waals surface area contributed by atoms with Crippen LogP contribution in [0.3, 0.4) is 0 Å². The van der Waals surface area contributed by atoms with Crippen molar-refractivity contribution >= 4 is 11.8 Å². The molecule has 0 atom stereocenters. The smallest absolute Gasteiger partial charge is 0.416 e. The molecule has 0 aromatic heterocycles. The number of carbonyl (C=O) groups is 1. The van der Waals surface area contributed by atoms with Gasteiger partial charge in [-0.2, -0.15) is 13.2 Å². The molecule has 1 aliphatic heterocycles. The molecule has 1 saturated heterocycles. The van der Waals surface area contributed by atoms with E-state index in [9.17, 15) is 18.0 Å². The first-order valence-corrected chi connectivity index (χ1v) is 7.87. The number of alkyl halides is 3. The van der Waals surface area contributed by atoms with Gasteiger partial charge in [-0.25, -0.2) is 4.79 Å². The first-order valence-electron chi connectivity index (χ1n) is 7.87. The molecule has 1 aliphatic rings. The third-order valence-electron chi connectivity index (χ3n) is 3.69. The fourth-order valence-electron chi connectivity index (χ4n) is 2.58. The second kappa shape index (κ2) is 6.53. The van der Waals surface area contributed by atoms with Crippen LogP contribution in [0.4, 0.5) is 23.7 Å². The summed E-state index contributed by atoms with van der Waals surface area (Å²) in [5, 5.41) is 0. The Bertz CT molecular complexity index is 601. The van der Waals surface area contributed by atoms with Crippen LogP contribution in [0.5, 0.6) is 0 Å². The van der Waals surface area contributed by atoms with Crippen molar-refractivity contribution in [2.45, 2.75) is 39.5 Å². The zero-order valence-corrected chi connectivity index (χ0v) is 14.4. The number of ether oxygens (including phenoxy) is 1. The highest BCUT2D eigenvalue weighted by molar-refractivity contribution is 5.68. The molecular formula is C17H23F3N2O2. The number of halogens is 3. The van der Waals surface area contributed by atoms with Gasteiger partial charge in [-0.1, -0.05) is 0 Å². The minimum absolute atomic E-state index is 0.387. The number of carbonyl (C=O) groups excluding carboxylic acids is 1. The number of amides is 1. The lowest BCUT2D eigenvalue weighted by atomic mass is 10.1.